The van der Waals surface area contributed by atoms with E-state index in [0.717, 1.165) is 11.3 Å². The number of aliphatic hydroxyl groups is 1. The number of benzene rings is 1. The molecule has 0 spiro atoms. The summed E-state index contributed by atoms with van der Waals surface area (Å²) in [6.45, 7) is 4.35. The summed E-state index contributed by atoms with van der Waals surface area (Å²) in [6, 6.07) is 7.60. The number of ether oxygens (including phenoxy) is 1. The van der Waals surface area contributed by atoms with Crippen LogP contribution in [0.1, 0.15) is 38.4 Å². The van der Waals surface area contributed by atoms with E-state index in [0.29, 0.717) is 19.4 Å². The summed E-state index contributed by atoms with van der Waals surface area (Å²) in [6.07, 6.45) is 0.854. The Hall–Kier alpha value is -1.46. The minimum atomic E-state index is -0.497. The first-order chi connectivity index (χ1) is 7.79. The number of rotatable bonds is 5. The Labute approximate surface area is 97.3 Å². The highest BCUT2D eigenvalue weighted by Crippen LogP contribution is 2.27. The van der Waals surface area contributed by atoms with Gasteiger partial charge in [0.25, 0.3) is 0 Å². The Morgan fingerprint density at radius 3 is 2.81 bits per heavy atom. The molecule has 0 fully saturated rings. The van der Waals surface area contributed by atoms with Crippen LogP contribution in [0.25, 0.3) is 0 Å². The minimum absolute atomic E-state index is 0.497. The predicted molar refractivity (Wildman–Crippen MR) is 65.3 cm³/mol. The standard InChI is InChI=1S/C14H18O2/c1-3-5-6-10-13(15)12-9-7-8-11-14(12)16-4-2/h7-9,11,13,15H,4,6,10H2,1-2H3. The van der Waals surface area contributed by atoms with Gasteiger partial charge in [0.05, 0.1) is 12.7 Å². The summed E-state index contributed by atoms with van der Waals surface area (Å²) < 4.78 is 5.47. The van der Waals surface area contributed by atoms with Gasteiger partial charge in [0, 0.05) is 12.0 Å². The average Bonchev–Trinajstić information content (AvgIpc) is 2.30. The molecule has 16 heavy (non-hydrogen) atoms. The van der Waals surface area contributed by atoms with E-state index >= 15 is 0 Å². The van der Waals surface area contributed by atoms with Gasteiger partial charge in [-0.05, 0) is 26.3 Å². The molecule has 0 bridgehead atoms. The molecule has 1 aromatic carbocycles. The molecule has 1 atom stereocenters. The van der Waals surface area contributed by atoms with Crippen molar-refractivity contribution in [2.24, 2.45) is 0 Å². The maximum absolute atomic E-state index is 10.0. The normalized spacial score (nSPS) is 11.4. The summed E-state index contributed by atoms with van der Waals surface area (Å²) in [4.78, 5) is 0. The molecule has 0 aliphatic carbocycles. The Kier molecular flexibility index (Phi) is 5.45. The Morgan fingerprint density at radius 2 is 2.12 bits per heavy atom. The number of aliphatic hydroxyl groups excluding tert-OH is 1. The van der Waals surface area contributed by atoms with Gasteiger partial charge in [-0.25, -0.2) is 0 Å². The van der Waals surface area contributed by atoms with E-state index in [4.69, 9.17) is 4.74 Å². The second-order valence-corrected chi connectivity index (χ2v) is 3.45. The molecule has 0 aliphatic heterocycles. The molecule has 2 nitrogen and oxygen atoms in total. The van der Waals surface area contributed by atoms with Crippen molar-refractivity contribution < 1.29 is 9.84 Å². The van der Waals surface area contributed by atoms with Crippen LogP contribution in [-0.4, -0.2) is 11.7 Å². The van der Waals surface area contributed by atoms with E-state index < -0.39 is 6.10 Å². The van der Waals surface area contributed by atoms with Gasteiger partial charge in [-0.3, -0.25) is 0 Å². The fourth-order valence-electron chi connectivity index (χ4n) is 1.53. The van der Waals surface area contributed by atoms with E-state index in [1.54, 1.807) is 6.92 Å². The van der Waals surface area contributed by atoms with Gasteiger partial charge in [-0.1, -0.05) is 18.2 Å². The van der Waals surface area contributed by atoms with Crippen LogP contribution < -0.4 is 4.74 Å². The zero-order valence-corrected chi connectivity index (χ0v) is 9.86. The zero-order chi connectivity index (χ0) is 11.8. The molecule has 0 heterocycles. The number of hydrogen-bond donors (Lipinski definition) is 1. The Bertz CT molecular complexity index is 374. The third kappa shape index (κ3) is 3.60. The second-order valence-electron chi connectivity index (χ2n) is 3.45. The van der Waals surface area contributed by atoms with Crippen LogP contribution in [0.4, 0.5) is 0 Å². The van der Waals surface area contributed by atoms with Crippen LogP contribution in [0, 0.1) is 11.8 Å². The SMILES string of the molecule is CC#CCCC(O)c1ccccc1OCC. The quantitative estimate of drug-likeness (QED) is 0.770. The maximum atomic E-state index is 10.0. The lowest BCUT2D eigenvalue weighted by atomic mass is 10.0. The van der Waals surface area contributed by atoms with Gasteiger partial charge in [0.15, 0.2) is 0 Å². The lowest BCUT2D eigenvalue weighted by Gasteiger charge is -2.14. The fourth-order valence-corrected chi connectivity index (χ4v) is 1.53. The summed E-state index contributed by atoms with van der Waals surface area (Å²) in [5.41, 5.74) is 0.849. The van der Waals surface area contributed by atoms with Gasteiger partial charge < -0.3 is 9.84 Å². The molecule has 0 saturated heterocycles. The first-order valence-corrected chi connectivity index (χ1v) is 5.59. The average molecular weight is 218 g/mol. The van der Waals surface area contributed by atoms with Crippen LogP contribution in [0.3, 0.4) is 0 Å². The molecular weight excluding hydrogens is 200 g/mol. The van der Waals surface area contributed by atoms with Crippen LogP contribution in [0.15, 0.2) is 24.3 Å². The van der Waals surface area contributed by atoms with Crippen molar-refractivity contribution in [2.75, 3.05) is 6.61 Å². The highest BCUT2D eigenvalue weighted by atomic mass is 16.5. The summed E-state index contributed by atoms with van der Waals surface area (Å²) in [7, 11) is 0. The van der Waals surface area contributed by atoms with Gasteiger partial charge in [-0.2, -0.15) is 0 Å². The second kappa shape index (κ2) is 6.92. The molecule has 1 unspecified atom stereocenters. The topological polar surface area (TPSA) is 29.5 Å². The monoisotopic (exact) mass is 218 g/mol. The first kappa shape index (κ1) is 12.6. The molecule has 1 aromatic rings. The lowest BCUT2D eigenvalue weighted by molar-refractivity contribution is 0.163. The lowest BCUT2D eigenvalue weighted by Crippen LogP contribution is -2.02. The van der Waals surface area contributed by atoms with Crippen LogP contribution in [-0.2, 0) is 0 Å². The van der Waals surface area contributed by atoms with Gasteiger partial charge >= 0.3 is 0 Å². The smallest absolute Gasteiger partial charge is 0.125 e. The maximum Gasteiger partial charge on any atom is 0.125 e. The molecule has 1 N–H and O–H groups in total. The van der Waals surface area contributed by atoms with Crippen molar-refractivity contribution in [3.05, 3.63) is 29.8 Å². The van der Waals surface area contributed by atoms with E-state index in [9.17, 15) is 5.11 Å². The number of hydrogen-bond acceptors (Lipinski definition) is 2. The van der Waals surface area contributed by atoms with E-state index in [1.807, 2.05) is 31.2 Å². The molecule has 0 aliphatic rings. The Balaban J connectivity index is 2.71. The molecule has 1 rings (SSSR count). The van der Waals surface area contributed by atoms with Crippen molar-refractivity contribution >= 4 is 0 Å². The van der Waals surface area contributed by atoms with Gasteiger partial charge in [0.2, 0.25) is 0 Å². The summed E-state index contributed by atoms with van der Waals surface area (Å²) in [5.74, 6) is 6.54. The van der Waals surface area contributed by atoms with Gasteiger partial charge in [-0.15, -0.1) is 11.8 Å². The van der Waals surface area contributed by atoms with Crippen molar-refractivity contribution in [1.29, 1.82) is 0 Å². The highest BCUT2D eigenvalue weighted by Gasteiger charge is 2.11. The minimum Gasteiger partial charge on any atom is -0.493 e. The van der Waals surface area contributed by atoms with Crippen molar-refractivity contribution in [3.63, 3.8) is 0 Å². The molecule has 0 amide bonds. The Morgan fingerprint density at radius 1 is 1.38 bits per heavy atom. The van der Waals surface area contributed by atoms with Crippen LogP contribution in [0.2, 0.25) is 0 Å². The zero-order valence-electron chi connectivity index (χ0n) is 9.86. The predicted octanol–water partition coefficient (Wildman–Crippen LogP) is 2.92. The summed E-state index contributed by atoms with van der Waals surface area (Å²) in [5, 5.41) is 10.0. The highest BCUT2D eigenvalue weighted by molar-refractivity contribution is 5.35. The van der Waals surface area contributed by atoms with Crippen molar-refractivity contribution in [3.8, 4) is 17.6 Å². The van der Waals surface area contributed by atoms with Crippen LogP contribution in [0.5, 0.6) is 5.75 Å². The van der Waals surface area contributed by atoms with Crippen LogP contribution >= 0.6 is 0 Å². The van der Waals surface area contributed by atoms with E-state index in [-0.39, 0.29) is 0 Å². The van der Waals surface area contributed by atoms with Crippen molar-refractivity contribution in [2.45, 2.75) is 32.8 Å². The number of para-hydroxylation sites is 1. The largest absolute Gasteiger partial charge is 0.493 e. The van der Waals surface area contributed by atoms with Gasteiger partial charge in [0.1, 0.15) is 5.75 Å². The fraction of sp³-hybridized carbons (Fsp3) is 0.429. The van der Waals surface area contributed by atoms with Crippen molar-refractivity contribution in [1.82, 2.24) is 0 Å². The molecule has 0 radical (unpaired) electrons. The van der Waals surface area contributed by atoms with E-state index in [2.05, 4.69) is 11.8 Å². The first-order valence-electron chi connectivity index (χ1n) is 5.59. The third-order valence-electron chi connectivity index (χ3n) is 2.30. The third-order valence-corrected chi connectivity index (χ3v) is 2.30. The summed E-state index contributed by atoms with van der Waals surface area (Å²) >= 11 is 0. The molecule has 2 heteroatoms. The molecule has 86 valence electrons. The molecule has 0 aromatic heterocycles. The van der Waals surface area contributed by atoms with E-state index in [1.165, 1.54) is 0 Å². The molecular formula is C14H18O2. The molecule has 0 saturated carbocycles.